The molecule has 1 aromatic carbocycles. The number of allylic oxidation sites excluding steroid dienone is 1. The highest BCUT2D eigenvalue weighted by molar-refractivity contribution is 5.91. The average Bonchev–Trinajstić information content (AvgIpc) is 3.08. The SMILES string of the molecule is C=C1[C@@H](C)C2C(Cc3ccccc3)NC(=O)C23/C(OC(C)=O)=C\C[C@](C)(O)C[C@@H](C)C/C=C\C3[C@@H]1O. The maximum absolute atomic E-state index is 14.1. The molecule has 194 valence electrons. The van der Waals surface area contributed by atoms with E-state index in [9.17, 15) is 19.8 Å². The standard InChI is InChI=1S/C30H39NO5/c1-18-10-9-13-23-27(33)20(3)19(2)26-24(16-22-11-7-6-8-12-22)31-28(34)30(23,26)25(36-21(4)32)14-15-29(5,35)17-18/h6-9,11-14,18-19,23-24,26-27,33,35H,3,10,15-17H2,1-2,4-5H3,(H,31,34)/b13-9-,25-14+/t18-,19+,23?,24?,26?,27+,29-,30?/m0/s1. The number of nitrogens with one attached hydrogen (secondary N) is 1. The first-order chi connectivity index (χ1) is 17.0. The van der Waals surface area contributed by atoms with Gasteiger partial charge in [-0.2, -0.15) is 0 Å². The van der Waals surface area contributed by atoms with Gasteiger partial charge in [-0.25, -0.2) is 0 Å². The highest BCUT2D eigenvalue weighted by Crippen LogP contribution is 2.59. The van der Waals surface area contributed by atoms with E-state index in [1.165, 1.54) is 6.92 Å². The third-order valence-electron chi connectivity index (χ3n) is 8.38. The van der Waals surface area contributed by atoms with Crippen molar-refractivity contribution in [2.75, 3.05) is 0 Å². The van der Waals surface area contributed by atoms with Crippen LogP contribution in [0.5, 0.6) is 0 Å². The number of esters is 1. The first-order valence-corrected chi connectivity index (χ1v) is 13.0. The quantitative estimate of drug-likeness (QED) is 0.436. The minimum Gasteiger partial charge on any atom is -0.430 e. The zero-order chi connectivity index (χ0) is 26.3. The predicted octanol–water partition coefficient (Wildman–Crippen LogP) is 4.09. The number of rotatable bonds is 3. The van der Waals surface area contributed by atoms with E-state index in [2.05, 4.69) is 18.8 Å². The molecule has 6 heteroatoms. The van der Waals surface area contributed by atoms with Crippen LogP contribution in [0.15, 0.2) is 66.5 Å². The molecule has 0 radical (unpaired) electrons. The number of aliphatic hydroxyl groups is 2. The number of benzene rings is 1. The molecule has 0 bridgehead atoms. The second-order valence-electron chi connectivity index (χ2n) is 11.3. The summed E-state index contributed by atoms with van der Waals surface area (Å²) in [6, 6.07) is 9.72. The zero-order valence-electron chi connectivity index (χ0n) is 21.7. The van der Waals surface area contributed by atoms with E-state index in [0.29, 0.717) is 24.8 Å². The number of carbonyl (C=O) groups is 2. The summed E-state index contributed by atoms with van der Waals surface area (Å²) in [5.74, 6) is -1.58. The van der Waals surface area contributed by atoms with Gasteiger partial charge in [-0.3, -0.25) is 9.59 Å². The summed E-state index contributed by atoms with van der Waals surface area (Å²) in [6.45, 7) is 11.4. The summed E-state index contributed by atoms with van der Waals surface area (Å²) >= 11 is 0. The molecule has 0 aromatic heterocycles. The van der Waals surface area contributed by atoms with Crippen molar-refractivity contribution in [1.82, 2.24) is 5.32 Å². The van der Waals surface area contributed by atoms with Crippen LogP contribution >= 0.6 is 0 Å². The molecule has 36 heavy (non-hydrogen) atoms. The maximum atomic E-state index is 14.1. The first kappa shape index (κ1) is 26.4. The first-order valence-electron chi connectivity index (χ1n) is 13.0. The van der Waals surface area contributed by atoms with Crippen LogP contribution in [0, 0.1) is 29.1 Å². The summed E-state index contributed by atoms with van der Waals surface area (Å²) in [5, 5.41) is 25.8. The molecule has 1 aromatic rings. The van der Waals surface area contributed by atoms with Crippen LogP contribution < -0.4 is 5.32 Å². The van der Waals surface area contributed by atoms with Crippen LogP contribution in [0.4, 0.5) is 0 Å². The number of hydrogen-bond acceptors (Lipinski definition) is 5. The Balaban J connectivity index is 1.93. The van der Waals surface area contributed by atoms with Crippen LogP contribution in [-0.4, -0.2) is 39.8 Å². The summed E-state index contributed by atoms with van der Waals surface area (Å²) in [6.07, 6.45) is 6.71. The maximum Gasteiger partial charge on any atom is 0.307 e. The van der Waals surface area contributed by atoms with Gasteiger partial charge < -0.3 is 20.3 Å². The average molecular weight is 494 g/mol. The molecule has 8 atom stereocenters. The second kappa shape index (κ2) is 9.98. The third kappa shape index (κ3) is 4.69. The van der Waals surface area contributed by atoms with E-state index >= 15 is 0 Å². The van der Waals surface area contributed by atoms with Crippen molar-refractivity contribution >= 4 is 11.9 Å². The molecule has 1 saturated carbocycles. The topological polar surface area (TPSA) is 95.9 Å². The van der Waals surface area contributed by atoms with Gasteiger partial charge in [0, 0.05) is 24.8 Å². The van der Waals surface area contributed by atoms with Gasteiger partial charge in [0.1, 0.15) is 11.2 Å². The molecule has 6 nitrogen and oxygen atoms in total. The monoisotopic (exact) mass is 493 g/mol. The van der Waals surface area contributed by atoms with Gasteiger partial charge >= 0.3 is 5.97 Å². The lowest BCUT2D eigenvalue weighted by molar-refractivity contribution is -0.146. The van der Waals surface area contributed by atoms with Crippen LogP contribution in [0.2, 0.25) is 0 Å². The minimum absolute atomic E-state index is 0.192. The van der Waals surface area contributed by atoms with Crippen LogP contribution in [0.25, 0.3) is 0 Å². The van der Waals surface area contributed by atoms with Gasteiger partial charge in [0.05, 0.1) is 11.7 Å². The Bertz CT molecular complexity index is 1070. The molecule has 1 heterocycles. The number of aliphatic hydroxyl groups excluding tert-OH is 1. The van der Waals surface area contributed by atoms with E-state index in [4.69, 9.17) is 4.74 Å². The molecule has 1 spiro atoms. The molecule has 1 amide bonds. The van der Waals surface area contributed by atoms with Crippen molar-refractivity contribution in [2.24, 2.45) is 29.1 Å². The molecule has 3 N–H and O–H groups in total. The normalized spacial score (nSPS) is 41.1. The number of ether oxygens (including phenoxy) is 1. The van der Waals surface area contributed by atoms with Crippen molar-refractivity contribution in [3.8, 4) is 0 Å². The van der Waals surface area contributed by atoms with Gasteiger partial charge in [-0.05, 0) is 61.7 Å². The van der Waals surface area contributed by atoms with Gasteiger partial charge in [0.15, 0.2) is 0 Å². The lowest BCUT2D eigenvalue weighted by Gasteiger charge is -2.50. The summed E-state index contributed by atoms with van der Waals surface area (Å²) < 4.78 is 5.83. The van der Waals surface area contributed by atoms with E-state index in [-0.39, 0.29) is 41.9 Å². The molecule has 3 aliphatic rings. The Morgan fingerprint density at radius 2 is 1.94 bits per heavy atom. The van der Waals surface area contributed by atoms with Gasteiger partial charge in [0.25, 0.3) is 0 Å². The van der Waals surface area contributed by atoms with Crippen LogP contribution in [0.1, 0.15) is 52.5 Å². The molecule has 2 aliphatic carbocycles. The van der Waals surface area contributed by atoms with Crippen molar-refractivity contribution < 1.29 is 24.5 Å². The molecule has 1 saturated heterocycles. The van der Waals surface area contributed by atoms with Crippen molar-refractivity contribution in [3.05, 3.63) is 72.0 Å². The van der Waals surface area contributed by atoms with Crippen molar-refractivity contribution in [3.63, 3.8) is 0 Å². The summed E-state index contributed by atoms with van der Waals surface area (Å²) in [4.78, 5) is 26.5. The molecule has 4 unspecified atom stereocenters. The van der Waals surface area contributed by atoms with Gasteiger partial charge in [0.2, 0.25) is 5.91 Å². The van der Waals surface area contributed by atoms with Crippen LogP contribution in [0.3, 0.4) is 0 Å². The number of carbonyl (C=O) groups excluding carboxylic acids is 2. The van der Waals surface area contributed by atoms with E-state index in [1.54, 1.807) is 13.0 Å². The van der Waals surface area contributed by atoms with Gasteiger partial charge in [-0.1, -0.05) is 62.9 Å². The van der Waals surface area contributed by atoms with Crippen molar-refractivity contribution in [2.45, 2.75) is 71.1 Å². The van der Waals surface area contributed by atoms with E-state index in [1.807, 2.05) is 49.4 Å². The molecule has 1 aliphatic heterocycles. The van der Waals surface area contributed by atoms with E-state index in [0.717, 1.165) is 5.56 Å². The fourth-order valence-corrected chi connectivity index (χ4v) is 6.82. The fourth-order valence-electron chi connectivity index (χ4n) is 6.82. The third-order valence-corrected chi connectivity index (χ3v) is 8.38. The fraction of sp³-hybridized carbons (Fsp3) is 0.533. The summed E-state index contributed by atoms with van der Waals surface area (Å²) in [7, 11) is 0. The number of hydrogen-bond donors (Lipinski definition) is 3. The van der Waals surface area contributed by atoms with Crippen LogP contribution in [-0.2, 0) is 20.7 Å². The lowest BCUT2D eigenvalue weighted by atomic mass is 9.52. The predicted molar refractivity (Wildman–Crippen MR) is 138 cm³/mol. The second-order valence-corrected chi connectivity index (χ2v) is 11.3. The van der Waals surface area contributed by atoms with E-state index < -0.39 is 29.0 Å². The Hall–Kier alpha value is -2.70. The largest absolute Gasteiger partial charge is 0.430 e. The highest BCUT2D eigenvalue weighted by Gasteiger charge is 2.67. The minimum atomic E-state index is -1.31. The van der Waals surface area contributed by atoms with Crippen molar-refractivity contribution in [1.29, 1.82) is 0 Å². The Morgan fingerprint density at radius 3 is 2.61 bits per heavy atom. The number of amides is 1. The highest BCUT2D eigenvalue weighted by atomic mass is 16.5. The summed E-state index contributed by atoms with van der Waals surface area (Å²) in [5.41, 5.74) is -0.587. The zero-order valence-corrected chi connectivity index (χ0v) is 21.7. The Morgan fingerprint density at radius 1 is 1.25 bits per heavy atom. The molecular weight excluding hydrogens is 454 g/mol. The smallest absolute Gasteiger partial charge is 0.307 e. The molecular formula is C30H39NO5. The molecule has 4 rings (SSSR count). The Labute approximate surface area is 214 Å². The Kier molecular flexibility index (Phi) is 7.31. The lowest BCUT2D eigenvalue weighted by Crippen LogP contribution is -2.55. The van der Waals surface area contributed by atoms with Gasteiger partial charge in [-0.15, -0.1) is 0 Å². The molecule has 2 fully saturated rings.